The van der Waals surface area contributed by atoms with Crippen LogP contribution in [-0.4, -0.2) is 17.6 Å². The number of hydrogen-bond donors (Lipinski definition) is 0. The molecule has 6 heteroatoms. The van der Waals surface area contributed by atoms with Crippen LogP contribution in [0.4, 0.5) is 0 Å². The number of halogens is 3. The van der Waals surface area contributed by atoms with E-state index in [9.17, 15) is 4.79 Å². The molecule has 0 saturated heterocycles. The van der Waals surface area contributed by atoms with Gasteiger partial charge in [0.2, 0.25) is 0 Å². The molecule has 0 fully saturated rings. The van der Waals surface area contributed by atoms with Crippen molar-refractivity contribution in [2.45, 2.75) is 13.8 Å². The molecule has 3 nitrogen and oxygen atoms in total. The first kappa shape index (κ1) is 19.7. The van der Waals surface area contributed by atoms with Crippen LogP contribution in [0.3, 0.4) is 0 Å². The Bertz CT molecular complexity index is 1000. The fraction of sp³-hybridized carbons (Fsp3) is 0.143. The van der Waals surface area contributed by atoms with Crippen LogP contribution in [0.25, 0.3) is 22.4 Å². The van der Waals surface area contributed by atoms with E-state index in [1.54, 1.807) is 44.2 Å². The Morgan fingerprint density at radius 2 is 1.63 bits per heavy atom. The predicted molar refractivity (Wildman–Crippen MR) is 111 cm³/mol. The third-order valence-corrected chi connectivity index (χ3v) is 4.85. The van der Waals surface area contributed by atoms with Gasteiger partial charge in [0.25, 0.3) is 0 Å². The molecule has 0 radical (unpaired) electrons. The first-order chi connectivity index (χ1) is 12.9. The summed E-state index contributed by atoms with van der Waals surface area (Å²) in [5, 5.41) is 1.63. The average molecular weight is 421 g/mol. The molecule has 27 heavy (non-hydrogen) atoms. The molecule has 0 amide bonds. The van der Waals surface area contributed by atoms with Crippen molar-refractivity contribution in [2.24, 2.45) is 0 Å². The van der Waals surface area contributed by atoms with Crippen LogP contribution in [0.15, 0.2) is 48.5 Å². The summed E-state index contributed by atoms with van der Waals surface area (Å²) in [5.41, 5.74) is 3.97. The fourth-order valence-electron chi connectivity index (χ4n) is 2.76. The maximum Gasteiger partial charge on any atom is 0.339 e. The van der Waals surface area contributed by atoms with E-state index in [1.807, 2.05) is 18.2 Å². The molecule has 1 heterocycles. The zero-order chi connectivity index (χ0) is 19.6. The van der Waals surface area contributed by atoms with E-state index in [4.69, 9.17) is 39.5 Å². The molecule has 1 aromatic heterocycles. The number of carbonyl (C=O) groups is 1. The lowest BCUT2D eigenvalue weighted by Crippen LogP contribution is -2.09. The van der Waals surface area contributed by atoms with E-state index in [0.29, 0.717) is 37.6 Å². The lowest BCUT2D eigenvalue weighted by molar-refractivity contribution is 0.0525. The summed E-state index contributed by atoms with van der Waals surface area (Å²) in [6, 6.07) is 14.3. The van der Waals surface area contributed by atoms with Gasteiger partial charge < -0.3 is 4.74 Å². The summed E-state index contributed by atoms with van der Waals surface area (Å²) in [5.74, 6) is -0.420. The number of aromatic nitrogens is 1. The van der Waals surface area contributed by atoms with Crippen molar-refractivity contribution in [3.8, 4) is 22.4 Å². The van der Waals surface area contributed by atoms with E-state index in [0.717, 1.165) is 11.1 Å². The lowest BCUT2D eigenvalue weighted by atomic mass is 9.96. The van der Waals surface area contributed by atoms with Gasteiger partial charge in [-0.15, -0.1) is 0 Å². The Morgan fingerprint density at radius 3 is 2.26 bits per heavy atom. The predicted octanol–water partition coefficient (Wildman–Crippen LogP) is 6.86. The van der Waals surface area contributed by atoms with E-state index in [2.05, 4.69) is 4.98 Å². The van der Waals surface area contributed by atoms with Crippen LogP contribution in [0.2, 0.25) is 15.1 Å². The van der Waals surface area contributed by atoms with Crippen molar-refractivity contribution in [1.29, 1.82) is 0 Å². The van der Waals surface area contributed by atoms with Crippen molar-refractivity contribution in [1.82, 2.24) is 4.98 Å². The zero-order valence-electron chi connectivity index (χ0n) is 14.7. The van der Waals surface area contributed by atoms with Crippen molar-refractivity contribution >= 4 is 40.8 Å². The Balaban J connectivity index is 2.27. The number of ether oxygens (including phenoxy) is 1. The van der Waals surface area contributed by atoms with Crippen molar-refractivity contribution in [3.63, 3.8) is 0 Å². The largest absolute Gasteiger partial charge is 0.462 e. The lowest BCUT2D eigenvalue weighted by Gasteiger charge is -2.15. The molecule has 0 aliphatic carbocycles. The smallest absolute Gasteiger partial charge is 0.339 e. The minimum absolute atomic E-state index is 0.286. The summed E-state index contributed by atoms with van der Waals surface area (Å²) in [4.78, 5) is 17.0. The third-order valence-electron chi connectivity index (χ3n) is 4.05. The summed E-state index contributed by atoms with van der Waals surface area (Å²) in [6.45, 7) is 3.83. The molecule has 0 aliphatic rings. The highest BCUT2D eigenvalue weighted by atomic mass is 35.5. The number of aryl methyl sites for hydroxylation is 1. The molecular weight excluding hydrogens is 405 g/mol. The van der Waals surface area contributed by atoms with Crippen LogP contribution < -0.4 is 0 Å². The number of pyridine rings is 1. The fourth-order valence-corrected chi connectivity index (χ4v) is 3.40. The molecule has 0 atom stereocenters. The highest BCUT2D eigenvalue weighted by Crippen LogP contribution is 2.37. The van der Waals surface area contributed by atoms with Crippen LogP contribution in [0.5, 0.6) is 0 Å². The first-order valence-corrected chi connectivity index (χ1v) is 9.44. The second-order valence-electron chi connectivity index (χ2n) is 5.87. The number of esters is 1. The first-order valence-electron chi connectivity index (χ1n) is 8.30. The Morgan fingerprint density at radius 1 is 0.963 bits per heavy atom. The van der Waals surface area contributed by atoms with Gasteiger partial charge in [-0.2, -0.15) is 0 Å². The standard InChI is InChI=1S/C21H16Cl3NO2/c1-3-27-21(26)17-11-18(16-9-8-15(23)10-19(16)24)20(25-12(17)2)13-4-6-14(22)7-5-13/h4-11H,3H2,1-2H3. The quantitative estimate of drug-likeness (QED) is 0.433. The molecule has 0 N–H and O–H groups in total. The number of benzene rings is 2. The van der Waals surface area contributed by atoms with E-state index in [-0.39, 0.29) is 6.61 Å². The molecule has 0 unspecified atom stereocenters. The molecule has 0 spiro atoms. The molecule has 138 valence electrons. The molecule has 0 saturated carbocycles. The van der Waals surface area contributed by atoms with E-state index >= 15 is 0 Å². The van der Waals surface area contributed by atoms with Gasteiger partial charge in [0.15, 0.2) is 0 Å². The van der Waals surface area contributed by atoms with Crippen LogP contribution in [-0.2, 0) is 4.74 Å². The topological polar surface area (TPSA) is 39.2 Å². The summed E-state index contributed by atoms with van der Waals surface area (Å²) in [7, 11) is 0. The number of hydrogen-bond acceptors (Lipinski definition) is 3. The molecule has 0 bridgehead atoms. The Hall–Kier alpha value is -2.07. The van der Waals surface area contributed by atoms with Crippen LogP contribution >= 0.6 is 34.8 Å². The van der Waals surface area contributed by atoms with Crippen molar-refractivity contribution in [3.05, 3.63) is 74.9 Å². The van der Waals surface area contributed by atoms with Gasteiger partial charge in [-0.25, -0.2) is 4.79 Å². The second-order valence-corrected chi connectivity index (χ2v) is 7.15. The Labute approximate surface area is 172 Å². The third kappa shape index (κ3) is 4.27. The molecule has 0 aliphatic heterocycles. The minimum atomic E-state index is -0.420. The molecule has 3 rings (SSSR count). The normalized spacial score (nSPS) is 10.7. The highest BCUT2D eigenvalue weighted by Gasteiger charge is 2.19. The van der Waals surface area contributed by atoms with Gasteiger partial charge in [0.1, 0.15) is 0 Å². The summed E-state index contributed by atoms with van der Waals surface area (Å²) in [6.07, 6.45) is 0. The maximum absolute atomic E-state index is 12.3. The monoisotopic (exact) mass is 419 g/mol. The number of rotatable bonds is 4. The van der Waals surface area contributed by atoms with Crippen LogP contribution in [0.1, 0.15) is 23.0 Å². The summed E-state index contributed by atoms with van der Waals surface area (Å²) >= 11 is 18.5. The number of carbonyl (C=O) groups excluding carboxylic acids is 1. The van der Waals surface area contributed by atoms with E-state index in [1.165, 1.54) is 0 Å². The second kappa shape index (κ2) is 8.30. The Kier molecular flexibility index (Phi) is 6.05. The van der Waals surface area contributed by atoms with Gasteiger partial charge in [-0.3, -0.25) is 4.98 Å². The van der Waals surface area contributed by atoms with Gasteiger partial charge in [0, 0.05) is 31.8 Å². The molecular formula is C21H16Cl3NO2. The molecule has 3 aromatic rings. The average Bonchev–Trinajstić information content (AvgIpc) is 2.63. The molecule has 2 aromatic carbocycles. The van der Waals surface area contributed by atoms with Gasteiger partial charge in [-0.05, 0) is 44.2 Å². The van der Waals surface area contributed by atoms with Gasteiger partial charge in [-0.1, -0.05) is 53.0 Å². The van der Waals surface area contributed by atoms with Gasteiger partial charge >= 0.3 is 5.97 Å². The number of nitrogens with zero attached hydrogens (tertiary/aromatic N) is 1. The maximum atomic E-state index is 12.3. The van der Waals surface area contributed by atoms with Gasteiger partial charge in [0.05, 0.1) is 23.6 Å². The minimum Gasteiger partial charge on any atom is -0.462 e. The van der Waals surface area contributed by atoms with E-state index < -0.39 is 5.97 Å². The SMILES string of the molecule is CCOC(=O)c1cc(-c2ccc(Cl)cc2Cl)c(-c2ccc(Cl)cc2)nc1C. The summed E-state index contributed by atoms with van der Waals surface area (Å²) < 4.78 is 5.16. The zero-order valence-corrected chi connectivity index (χ0v) is 17.0. The van der Waals surface area contributed by atoms with Crippen molar-refractivity contribution in [2.75, 3.05) is 6.61 Å². The van der Waals surface area contributed by atoms with Crippen molar-refractivity contribution < 1.29 is 9.53 Å². The highest BCUT2D eigenvalue weighted by molar-refractivity contribution is 6.36. The van der Waals surface area contributed by atoms with Crippen LogP contribution in [0, 0.1) is 6.92 Å².